The molecule has 7 heteroatoms. The average Bonchev–Trinajstić information content (AvgIpc) is 2.72. The highest BCUT2D eigenvalue weighted by Crippen LogP contribution is 2.31. The van der Waals surface area contributed by atoms with Crippen LogP contribution in [0.5, 0.6) is 11.5 Å². The molecular formula is C14H18N4O3. The van der Waals surface area contributed by atoms with Crippen molar-refractivity contribution < 1.29 is 14.3 Å². The van der Waals surface area contributed by atoms with Crippen LogP contribution in [0.1, 0.15) is 16.1 Å². The van der Waals surface area contributed by atoms with E-state index in [0.717, 1.165) is 0 Å². The minimum atomic E-state index is -0.347. The Morgan fingerprint density at radius 1 is 1.33 bits per heavy atom. The second-order valence-corrected chi connectivity index (χ2v) is 4.47. The molecule has 1 aromatic heterocycles. The van der Waals surface area contributed by atoms with Gasteiger partial charge in [-0.25, -0.2) is 0 Å². The number of nitrogens with zero attached hydrogens (tertiary/aromatic N) is 2. The number of rotatable bonds is 4. The molecule has 3 N–H and O–H groups in total. The fourth-order valence-corrected chi connectivity index (χ4v) is 2.06. The van der Waals surface area contributed by atoms with Crippen molar-refractivity contribution in [3.05, 3.63) is 29.5 Å². The Balaban J connectivity index is 2.37. The first kappa shape index (κ1) is 14.7. The molecule has 0 spiro atoms. The number of aryl methyl sites for hydroxylation is 2. The molecule has 1 aromatic carbocycles. The van der Waals surface area contributed by atoms with Gasteiger partial charge in [-0.05, 0) is 19.1 Å². The highest BCUT2D eigenvalue weighted by molar-refractivity contribution is 6.07. The van der Waals surface area contributed by atoms with Gasteiger partial charge >= 0.3 is 0 Å². The number of hydrogen-bond acceptors (Lipinski definition) is 5. The van der Waals surface area contributed by atoms with Crippen molar-refractivity contribution >= 4 is 17.4 Å². The number of benzene rings is 1. The molecule has 21 heavy (non-hydrogen) atoms. The molecule has 2 aromatic rings. The van der Waals surface area contributed by atoms with Crippen LogP contribution in [0.15, 0.2) is 18.2 Å². The number of para-hydroxylation sites is 1. The molecule has 0 fully saturated rings. The van der Waals surface area contributed by atoms with Crippen molar-refractivity contribution in [1.82, 2.24) is 9.78 Å². The Labute approximate surface area is 122 Å². The van der Waals surface area contributed by atoms with Crippen LogP contribution in [0.2, 0.25) is 0 Å². The summed E-state index contributed by atoms with van der Waals surface area (Å²) < 4.78 is 12.0. The fourth-order valence-electron chi connectivity index (χ4n) is 2.06. The van der Waals surface area contributed by atoms with Gasteiger partial charge < -0.3 is 20.5 Å². The summed E-state index contributed by atoms with van der Waals surface area (Å²) in [5.74, 6) is 0.956. The summed E-state index contributed by atoms with van der Waals surface area (Å²) in [6.07, 6.45) is 0. The summed E-state index contributed by atoms with van der Waals surface area (Å²) in [6, 6.07) is 5.09. The monoisotopic (exact) mass is 290 g/mol. The molecule has 0 aliphatic carbocycles. The van der Waals surface area contributed by atoms with Gasteiger partial charge in [-0.1, -0.05) is 6.07 Å². The van der Waals surface area contributed by atoms with Crippen molar-refractivity contribution in [3.63, 3.8) is 0 Å². The molecule has 0 unspecified atom stereocenters. The maximum absolute atomic E-state index is 12.4. The summed E-state index contributed by atoms with van der Waals surface area (Å²) >= 11 is 0. The van der Waals surface area contributed by atoms with Crippen molar-refractivity contribution in [2.75, 3.05) is 25.3 Å². The first-order valence-corrected chi connectivity index (χ1v) is 6.31. The number of nitrogens with one attached hydrogen (secondary N) is 1. The van der Waals surface area contributed by atoms with Crippen molar-refractivity contribution in [2.45, 2.75) is 6.92 Å². The summed E-state index contributed by atoms with van der Waals surface area (Å²) in [5, 5.41) is 6.90. The predicted octanol–water partition coefficient (Wildman–Crippen LogP) is 1.58. The van der Waals surface area contributed by atoms with Crippen LogP contribution in [0.3, 0.4) is 0 Å². The SMILES string of the molecule is COc1cccc(C(=O)Nc2c(N)c(C)nn2C)c1OC. The largest absolute Gasteiger partial charge is 0.493 e. The zero-order valence-electron chi connectivity index (χ0n) is 12.4. The third-order valence-electron chi connectivity index (χ3n) is 3.15. The van der Waals surface area contributed by atoms with Gasteiger partial charge in [0.15, 0.2) is 17.3 Å². The lowest BCUT2D eigenvalue weighted by atomic mass is 10.1. The molecule has 0 atom stereocenters. The smallest absolute Gasteiger partial charge is 0.260 e. The number of nitrogen functional groups attached to an aromatic ring is 1. The molecule has 0 saturated heterocycles. The van der Waals surface area contributed by atoms with E-state index in [1.54, 1.807) is 32.2 Å². The molecule has 1 heterocycles. The molecular weight excluding hydrogens is 272 g/mol. The molecule has 0 aliphatic heterocycles. The van der Waals surface area contributed by atoms with Crippen LogP contribution in [0.25, 0.3) is 0 Å². The van der Waals surface area contributed by atoms with Gasteiger partial charge in [0, 0.05) is 7.05 Å². The van der Waals surface area contributed by atoms with E-state index in [4.69, 9.17) is 15.2 Å². The molecule has 112 valence electrons. The van der Waals surface area contributed by atoms with Gasteiger partial charge in [0.1, 0.15) is 0 Å². The van der Waals surface area contributed by atoms with Crippen molar-refractivity contribution in [3.8, 4) is 11.5 Å². The Morgan fingerprint density at radius 2 is 2.05 bits per heavy atom. The van der Waals surface area contributed by atoms with Gasteiger partial charge in [-0.3, -0.25) is 9.48 Å². The van der Waals surface area contributed by atoms with Crippen LogP contribution >= 0.6 is 0 Å². The summed E-state index contributed by atoms with van der Waals surface area (Å²) in [4.78, 5) is 12.4. The standard InChI is InChI=1S/C14H18N4O3/c1-8-11(15)13(18(2)17-8)16-14(19)9-6-5-7-10(20-3)12(9)21-4/h5-7H,15H2,1-4H3,(H,16,19). The minimum Gasteiger partial charge on any atom is -0.493 e. The van der Waals surface area contributed by atoms with E-state index < -0.39 is 0 Å². The second kappa shape index (κ2) is 5.74. The van der Waals surface area contributed by atoms with Crippen LogP contribution < -0.4 is 20.5 Å². The third-order valence-corrected chi connectivity index (χ3v) is 3.15. The number of methoxy groups -OCH3 is 2. The maximum Gasteiger partial charge on any atom is 0.260 e. The summed E-state index contributed by atoms with van der Waals surface area (Å²) in [6.45, 7) is 1.77. The van der Waals surface area contributed by atoms with E-state index >= 15 is 0 Å². The second-order valence-electron chi connectivity index (χ2n) is 4.47. The zero-order valence-corrected chi connectivity index (χ0v) is 12.4. The van der Waals surface area contributed by atoms with E-state index in [9.17, 15) is 4.79 Å². The van der Waals surface area contributed by atoms with Crippen LogP contribution in [0.4, 0.5) is 11.5 Å². The van der Waals surface area contributed by atoms with E-state index in [-0.39, 0.29) is 5.91 Å². The Hall–Kier alpha value is -2.70. The number of carbonyl (C=O) groups is 1. The number of amides is 1. The number of hydrogen-bond donors (Lipinski definition) is 2. The lowest BCUT2D eigenvalue weighted by Gasteiger charge is -2.12. The van der Waals surface area contributed by atoms with Crippen LogP contribution in [-0.2, 0) is 7.05 Å². The number of aromatic nitrogens is 2. The molecule has 0 aliphatic rings. The van der Waals surface area contributed by atoms with Gasteiger partial charge in [0.25, 0.3) is 5.91 Å². The highest BCUT2D eigenvalue weighted by Gasteiger charge is 2.19. The predicted molar refractivity (Wildman–Crippen MR) is 79.9 cm³/mol. The van der Waals surface area contributed by atoms with E-state index in [1.807, 2.05) is 0 Å². The highest BCUT2D eigenvalue weighted by atomic mass is 16.5. The van der Waals surface area contributed by atoms with E-state index in [0.29, 0.717) is 34.3 Å². The van der Waals surface area contributed by atoms with Gasteiger partial charge in [0.05, 0.1) is 31.2 Å². The minimum absolute atomic E-state index is 0.347. The molecule has 7 nitrogen and oxygen atoms in total. The van der Waals surface area contributed by atoms with E-state index in [2.05, 4.69) is 10.4 Å². The number of ether oxygens (including phenoxy) is 2. The fraction of sp³-hybridized carbons (Fsp3) is 0.286. The molecule has 0 radical (unpaired) electrons. The number of carbonyl (C=O) groups excluding carboxylic acids is 1. The summed E-state index contributed by atoms with van der Waals surface area (Å²) in [5.41, 5.74) is 7.35. The molecule has 0 saturated carbocycles. The van der Waals surface area contributed by atoms with Crippen LogP contribution in [-0.4, -0.2) is 29.9 Å². The molecule has 2 rings (SSSR count). The quantitative estimate of drug-likeness (QED) is 0.892. The first-order chi connectivity index (χ1) is 9.99. The maximum atomic E-state index is 12.4. The van der Waals surface area contributed by atoms with Crippen molar-refractivity contribution in [1.29, 1.82) is 0 Å². The topological polar surface area (TPSA) is 91.4 Å². The van der Waals surface area contributed by atoms with Gasteiger partial charge in [0.2, 0.25) is 0 Å². The van der Waals surface area contributed by atoms with E-state index in [1.165, 1.54) is 18.9 Å². The zero-order chi connectivity index (χ0) is 15.6. The Bertz CT molecular complexity index is 679. The number of anilines is 2. The lowest BCUT2D eigenvalue weighted by molar-refractivity contribution is 0.102. The van der Waals surface area contributed by atoms with Gasteiger partial charge in [-0.2, -0.15) is 5.10 Å². The molecule has 0 bridgehead atoms. The van der Waals surface area contributed by atoms with Crippen LogP contribution in [0, 0.1) is 6.92 Å². The average molecular weight is 290 g/mol. The molecule has 1 amide bonds. The Morgan fingerprint density at radius 3 is 2.57 bits per heavy atom. The normalized spacial score (nSPS) is 10.3. The lowest BCUT2D eigenvalue weighted by Crippen LogP contribution is -2.16. The van der Waals surface area contributed by atoms with Gasteiger partial charge in [-0.15, -0.1) is 0 Å². The van der Waals surface area contributed by atoms with Crippen molar-refractivity contribution in [2.24, 2.45) is 7.05 Å². The Kier molecular flexibility index (Phi) is 4.02. The third kappa shape index (κ3) is 2.62. The summed E-state index contributed by atoms with van der Waals surface area (Å²) in [7, 11) is 4.71. The number of nitrogens with two attached hydrogens (primary N) is 1. The first-order valence-electron chi connectivity index (χ1n) is 6.31.